The molecular formula is C14H28N4O. The van der Waals surface area contributed by atoms with Crippen LogP contribution in [0.3, 0.4) is 0 Å². The van der Waals surface area contributed by atoms with Crippen LogP contribution >= 0.6 is 0 Å². The molecule has 1 unspecified atom stereocenters. The Kier molecular flexibility index (Phi) is 5.05. The van der Waals surface area contributed by atoms with E-state index in [1.165, 1.54) is 32.1 Å². The molecule has 0 bridgehead atoms. The van der Waals surface area contributed by atoms with Crippen LogP contribution in [0.5, 0.6) is 0 Å². The van der Waals surface area contributed by atoms with Gasteiger partial charge in [0.1, 0.15) is 0 Å². The first-order valence-corrected chi connectivity index (χ1v) is 7.54. The second-order valence-electron chi connectivity index (χ2n) is 6.36. The SMILES string of the molecule is CC1(C)CC(NC(=NC2CCCCC2)NN)CCO1. The zero-order valence-electron chi connectivity index (χ0n) is 12.2. The molecule has 0 radical (unpaired) electrons. The minimum atomic E-state index is -0.0551. The Morgan fingerprint density at radius 1 is 1.21 bits per heavy atom. The van der Waals surface area contributed by atoms with Gasteiger partial charge in [-0.05, 0) is 39.5 Å². The van der Waals surface area contributed by atoms with Crippen molar-refractivity contribution in [3.8, 4) is 0 Å². The van der Waals surface area contributed by atoms with Crippen molar-refractivity contribution < 1.29 is 4.74 Å². The molecule has 0 spiro atoms. The van der Waals surface area contributed by atoms with Gasteiger partial charge in [0.25, 0.3) is 0 Å². The standard InChI is InChI=1S/C14H28N4O/c1-14(2)10-12(8-9-19-14)17-13(18-15)16-11-6-4-3-5-7-11/h11-12H,3-10,15H2,1-2H3,(H2,16,17,18). The maximum absolute atomic E-state index is 5.73. The van der Waals surface area contributed by atoms with Crippen molar-refractivity contribution in [2.45, 2.75) is 76.5 Å². The van der Waals surface area contributed by atoms with E-state index in [0.29, 0.717) is 12.1 Å². The van der Waals surface area contributed by atoms with E-state index in [1.807, 2.05) is 0 Å². The number of ether oxygens (including phenoxy) is 1. The Balaban J connectivity index is 1.88. The van der Waals surface area contributed by atoms with E-state index in [0.717, 1.165) is 25.4 Å². The van der Waals surface area contributed by atoms with Crippen molar-refractivity contribution in [3.63, 3.8) is 0 Å². The number of nitrogens with two attached hydrogens (primary N) is 1. The summed E-state index contributed by atoms with van der Waals surface area (Å²) in [5.74, 6) is 6.35. The lowest BCUT2D eigenvalue weighted by Gasteiger charge is -2.36. The molecule has 4 N–H and O–H groups in total. The van der Waals surface area contributed by atoms with Gasteiger partial charge in [0.15, 0.2) is 0 Å². The summed E-state index contributed by atoms with van der Waals surface area (Å²) in [4.78, 5) is 4.72. The second kappa shape index (κ2) is 6.57. The summed E-state index contributed by atoms with van der Waals surface area (Å²) >= 11 is 0. The molecule has 0 aromatic heterocycles. The molecule has 110 valence electrons. The molecule has 5 heteroatoms. The fourth-order valence-electron chi connectivity index (χ4n) is 3.06. The lowest BCUT2D eigenvalue weighted by atomic mass is 9.94. The molecule has 1 saturated heterocycles. The zero-order valence-corrected chi connectivity index (χ0v) is 12.2. The first kappa shape index (κ1) is 14.6. The highest BCUT2D eigenvalue weighted by atomic mass is 16.5. The molecule has 1 aliphatic heterocycles. The summed E-state index contributed by atoms with van der Waals surface area (Å²) in [6.45, 7) is 5.06. The van der Waals surface area contributed by atoms with Crippen LogP contribution in [0.1, 0.15) is 58.8 Å². The Morgan fingerprint density at radius 2 is 1.95 bits per heavy atom. The number of nitrogens with one attached hydrogen (secondary N) is 2. The Labute approximate surface area is 116 Å². The third-order valence-corrected chi connectivity index (χ3v) is 4.06. The van der Waals surface area contributed by atoms with E-state index < -0.39 is 0 Å². The molecule has 1 saturated carbocycles. The lowest BCUT2D eigenvalue weighted by molar-refractivity contribution is -0.0605. The van der Waals surface area contributed by atoms with Crippen LogP contribution in [0.2, 0.25) is 0 Å². The van der Waals surface area contributed by atoms with Gasteiger partial charge in [-0.1, -0.05) is 19.3 Å². The van der Waals surface area contributed by atoms with Crippen LogP contribution in [0, 0.1) is 0 Å². The fourth-order valence-corrected chi connectivity index (χ4v) is 3.06. The predicted molar refractivity (Wildman–Crippen MR) is 77.8 cm³/mol. The van der Waals surface area contributed by atoms with Crippen LogP contribution in [0.4, 0.5) is 0 Å². The summed E-state index contributed by atoms with van der Waals surface area (Å²) in [5, 5.41) is 3.44. The summed E-state index contributed by atoms with van der Waals surface area (Å²) < 4.78 is 5.73. The van der Waals surface area contributed by atoms with E-state index in [-0.39, 0.29) is 5.60 Å². The molecular weight excluding hydrogens is 240 g/mol. The van der Waals surface area contributed by atoms with E-state index >= 15 is 0 Å². The van der Waals surface area contributed by atoms with E-state index in [9.17, 15) is 0 Å². The van der Waals surface area contributed by atoms with Gasteiger partial charge in [0.05, 0.1) is 11.6 Å². The lowest BCUT2D eigenvalue weighted by Crippen LogP contribution is -2.51. The highest BCUT2D eigenvalue weighted by Gasteiger charge is 2.29. The van der Waals surface area contributed by atoms with Gasteiger partial charge >= 0.3 is 0 Å². The molecule has 19 heavy (non-hydrogen) atoms. The summed E-state index contributed by atoms with van der Waals surface area (Å²) in [6, 6.07) is 0.822. The van der Waals surface area contributed by atoms with Gasteiger partial charge in [0.2, 0.25) is 5.96 Å². The van der Waals surface area contributed by atoms with Gasteiger partial charge in [-0.25, -0.2) is 10.8 Å². The van der Waals surface area contributed by atoms with Crippen LogP contribution in [0.25, 0.3) is 0 Å². The first-order valence-electron chi connectivity index (χ1n) is 7.54. The van der Waals surface area contributed by atoms with Crippen molar-refractivity contribution in [1.82, 2.24) is 10.7 Å². The molecule has 2 fully saturated rings. The Bertz CT molecular complexity index is 311. The first-order chi connectivity index (χ1) is 9.09. The van der Waals surface area contributed by atoms with Gasteiger partial charge in [0, 0.05) is 12.6 Å². The molecule has 0 aromatic carbocycles. The van der Waals surface area contributed by atoms with Crippen molar-refractivity contribution >= 4 is 5.96 Å². The van der Waals surface area contributed by atoms with Gasteiger partial charge in [-0.2, -0.15) is 0 Å². The molecule has 2 rings (SSSR count). The highest BCUT2D eigenvalue weighted by molar-refractivity contribution is 5.79. The number of nitrogens with zero attached hydrogens (tertiary/aromatic N) is 1. The van der Waals surface area contributed by atoms with Crippen LogP contribution in [0.15, 0.2) is 4.99 Å². The number of hydrogen-bond acceptors (Lipinski definition) is 3. The third-order valence-electron chi connectivity index (χ3n) is 4.06. The minimum Gasteiger partial charge on any atom is -0.375 e. The monoisotopic (exact) mass is 268 g/mol. The average molecular weight is 268 g/mol. The topological polar surface area (TPSA) is 71.7 Å². The van der Waals surface area contributed by atoms with Crippen LogP contribution < -0.4 is 16.6 Å². The summed E-state index contributed by atoms with van der Waals surface area (Å²) in [5.41, 5.74) is 2.67. The highest BCUT2D eigenvalue weighted by Crippen LogP contribution is 2.24. The fraction of sp³-hybridized carbons (Fsp3) is 0.929. The van der Waals surface area contributed by atoms with Crippen molar-refractivity contribution in [2.24, 2.45) is 10.8 Å². The predicted octanol–water partition coefficient (Wildman–Crippen LogP) is 1.69. The van der Waals surface area contributed by atoms with Gasteiger partial charge < -0.3 is 10.1 Å². The second-order valence-corrected chi connectivity index (χ2v) is 6.36. The third kappa shape index (κ3) is 4.66. The van der Waals surface area contributed by atoms with Crippen molar-refractivity contribution in [2.75, 3.05) is 6.61 Å². The maximum atomic E-state index is 5.73. The maximum Gasteiger partial charge on any atom is 0.206 e. The van der Waals surface area contributed by atoms with E-state index in [4.69, 9.17) is 15.6 Å². The smallest absolute Gasteiger partial charge is 0.206 e. The minimum absolute atomic E-state index is 0.0551. The molecule has 0 aromatic rings. The Hall–Kier alpha value is -0.810. The normalized spacial score (nSPS) is 29.0. The zero-order chi connectivity index (χ0) is 13.7. The molecule has 1 atom stereocenters. The van der Waals surface area contributed by atoms with Gasteiger partial charge in [-0.3, -0.25) is 5.43 Å². The van der Waals surface area contributed by atoms with E-state index in [2.05, 4.69) is 24.6 Å². The molecule has 1 aliphatic carbocycles. The number of rotatable bonds is 2. The number of guanidine groups is 1. The van der Waals surface area contributed by atoms with E-state index in [1.54, 1.807) is 0 Å². The van der Waals surface area contributed by atoms with Crippen molar-refractivity contribution in [3.05, 3.63) is 0 Å². The quantitative estimate of drug-likeness (QED) is 0.308. The summed E-state index contributed by atoms with van der Waals surface area (Å²) in [7, 11) is 0. The molecule has 5 nitrogen and oxygen atoms in total. The average Bonchev–Trinajstić information content (AvgIpc) is 2.38. The summed E-state index contributed by atoms with van der Waals surface area (Å²) in [6.07, 6.45) is 8.29. The van der Waals surface area contributed by atoms with Gasteiger partial charge in [-0.15, -0.1) is 0 Å². The number of hydrazine groups is 1. The number of hydrogen-bond donors (Lipinski definition) is 3. The van der Waals surface area contributed by atoms with Crippen LogP contribution in [-0.4, -0.2) is 30.3 Å². The molecule has 2 aliphatic rings. The Morgan fingerprint density at radius 3 is 2.58 bits per heavy atom. The largest absolute Gasteiger partial charge is 0.375 e. The van der Waals surface area contributed by atoms with Crippen molar-refractivity contribution in [1.29, 1.82) is 0 Å². The van der Waals surface area contributed by atoms with Crippen LogP contribution in [-0.2, 0) is 4.74 Å². The molecule has 1 heterocycles. The number of aliphatic imine (C=N–C) groups is 1. The molecule has 0 amide bonds.